The fraction of sp³-hybridized carbons (Fsp3) is 0.444. The molecule has 1 heterocycles. The van der Waals surface area contributed by atoms with Crippen molar-refractivity contribution in [1.29, 1.82) is 0 Å². The van der Waals surface area contributed by atoms with Gasteiger partial charge in [-0.2, -0.15) is 0 Å². The third-order valence-electron chi connectivity index (χ3n) is 4.63. The maximum Gasteiger partial charge on any atom is 0.0334 e. The van der Waals surface area contributed by atoms with Crippen molar-refractivity contribution in [1.82, 2.24) is 5.32 Å². The van der Waals surface area contributed by atoms with E-state index in [0.717, 1.165) is 12.5 Å². The van der Waals surface area contributed by atoms with Crippen molar-refractivity contribution in [3.05, 3.63) is 57.3 Å². The SMILES string of the molecule is c1cc2c(s1)CCCC2NCc1ccc(C2CC2)cc1. The molecule has 1 aromatic heterocycles. The van der Waals surface area contributed by atoms with Gasteiger partial charge in [-0.25, -0.2) is 0 Å². The molecule has 2 heteroatoms. The van der Waals surface area contributed by atoms with Crippen LogP contribution in [-0.2, 0) is 13.0 Å². The largest absolute Gasteiger partial charge is 0.306 e. The molecule has 0 aliphatic heterocycles. The van der Waals surface area contributed by atoms with Gasteiger partial charge in [0, 0.05) is 17.5 Å². The Hall–Kier alpha value is -1.12. The van der Waals surface area contributed by atoms with Crippen molar-refractivity contribution in [2.75, 3.05) is 0 Å². The van der Waals surface area contributed by atoms with Gasteiger partial charge in [0.05, 0.1) is 0 Å². The van der Waals surface area contributed by atoms with Crippen LogP contribution in [0.4, 0.5) is 0 Å². The number of hydrogen-bond donors (Lipinski definition) is 1. The minimum absolute atomic E-state index is 0.563. The number of hydrogen-bond acceptors (Lipinski definition) is 2. The van der Waals surface area contributed by atoms with Crippen LogP contribution < -0.4 is 5.32 Å². The van der Waals surface area contributed by atoms with E-state index in [4.69, 9.17) is 0 Å². The summed E-state index contributed by atoms with van der Waals surface area (Å²) in [5.74, 6) is 0.865. The summed E-state index contributed by atoms with van der Waals surface area (Å²) in [6.45, 7) is 0.991. The highest BCUT2D eigenvalue weighted by molar-refractivity contribution is 7.10. The third-order valence-corrected chi connectivity index (χ3v) is 5.63. The summed E-state index contributed by atoms with van der Waals surface area (Å²) in [6, 6.07) is 12.1. The normalized spacial score (nSPS) is 21.7. The summed E-state index contributed by atoms with van der Waals surface area (Å²) in [5.41, 5.74) is 4.50. The highest BCUT2D eigenvalue weighted by Gasteiger charge is 2.23. The Kier molecular flexibility index (Phi) is 3.37. The molecule has 0 bridgehead atoms. The Labute approximate surface area is 125 Å². The van der Waals surface area contributed by atoms with Crippen LogP contribution in [-0.4, -0.2) is 0 Å². The Morgan fingerprint density at radius 3 is 2.70 bits per heavy atom. The number of thiophene rings is 1. The molecule has 1 N–H and O–H groups in total. The molecule has 1 unspecified atom stereocenters. The topological polar surface area (TPSA) is 12.0 Å². The lowest BCUT2D eigenvalue weighted by Crippen LogP contribution is -2.23. The van der Waals surface area contributed by atoms with Gasteiger partial charge < -0.3 is 5.32 Å². The average Bonchev–Trinajstić information content (AvgIpc) is 3.23. The molecular formula is C18H21NS. The number of nitrogens with one attached hydrogen (secondary N) is 1. The molecule has 20 heavy (non-hydrogen) atoms. The molecule has 2 aromatic rings. The fourth-order valence-corrected chi connectivity index (χ4v) is 4.25. The van der Waals surface area contributed by atoms with Crippen LogP contribution in [0.2, 0.25) is 0 Å². The molecule has 1 nitrogen and oxygen atoms in total. The van der Waals surface area contributed by atoms with Crippen LogP contribution in [0.15, 0.2) is 35.7 Å². The molecule has 1 saturated carbocycles. The zero-order chi connectivity index (χ0) is 13.4. The van der Waals surface area contributed by atoms with E-state index in [0.29, 0.717) is 6.04 Å². The molecule has 0 radical (unpaired) electrons. The predicted molar refractivity (Wildman–Crippen MR) is 85.3 cm³/mol. The molecular weight excluding hydrogens is 262 g/mol. The summed E-state index contributed by atoms with van der Waals surface area (Å²) in [5, 5.41) is 6.00. The average molecular weight is 283 g/mol. The first-order valence-corrected chi connectivity index (χ1v) is 8.66. The Morgan fingerprint density at radius 2 is 1.90 bits per heavy atom. The lowest BCUT2D eigenvalue weighted by Gasteiger charge is -2.24. The van der Waals surface area contributed by atoms with Crippen molar-refractivity contribution in [3.8, 4) is 0 Å². The first kappa shape index (κ1) is 12.6. The van der Waals surface area contributed by atoms with Crippen LogP contribution in [0.25, 0.3) is 0 Å². The van der Waals surface area contributed by atoms with E-state index in [-0.39, 0.29) is 0 Å². The van der Waals surface area contributed by atoms with Gasteiger partial charge in [-0.3, -0.25) is 0 Å². The smallest absolute Gasteiger partial charge is 0.0334 e. The highest BCUT2D eigenvalue weighted by Crippen LogP contribution is 2.40. The number of fused-ring (bicyclic) bond motifs is 1. The van der Waals surface area contributed by atoms with E-state index < -0.39 is 0 Å². The zero-order valence-electron chi connectivity index (χ0n) is 11.8. The van der Waals surface area contributed by atoms with Crippen LogP contribution in [0.1, 0.15) is 59.2 Å². The molecule has 1 fully saturated rings. The summed E-state index contributed by atoms with van der Waals surface area (Å²) in [4.78, 5) is 1.60. The molecule has 104 valence electrons. The first-order chi connectivity index (χ1) is 9.90. The van der Waals surface area contributed by atoms with Gasteiger partial charge in [-0.1, -0.05) is 24.3 Å². The van der Waals surface area contributed by atoms with E-state index in [1.807, 2.05) is 11.3 Å². The molecule has 2 aliphatic rings. The fourth-order valence-electron chi connectivity index (χ4n) is 3.26. The van der Waals surface area contributed by atoms with Gasteiger partial charge in [-0.05, 0) is 66.2 Å². The van der Waals surface area contributed by atoms with E-state index in [1.165, 1.54) is 43.2 Å². The molecule has 1 aromatic carbocycles. The Bertz CT molecular complexity index is 580. The predicted octanol–water partition coefficient (Wildman–Crippen LogP) is 4.79. The van der Waals surface area contributed by atoms with Crippen LogP contribution >= 0.6 is 11.3 Å². The molecule has 1 atom stereocenters. The van der Waals surface area contributed by atoms with Crippen molar-refractivity contribution >= 4 is 11.3 Å². The van der Waals surface area contributed by atoms with E-state index in [2.05, 4.69) is 41.0 Å². The van der Waals surface area contributed by atoms with Crippen molar-refractivity contribution in [2.24, 2.45) is 0 Å². The van der Waals surface area contributed by atoms with E-state index in [1.54, 1.807) is 10.4 Å². The monoisotopic (exact) mass is 283 g/mol. The van der Waals surface area contributed by atoms with Gasteiger partial charge >= 0.3 is 0 Å². The maximum atomic E-state index is 3.75. The molecule has 0 spiro atoms. The second-order valence-electron chi connectivity index (χ2n) is 6.14. The quantitative estimate of drug-likeness (QED) is 0.850. The van der Waals surface area contributed by atoms with Gasteiger partial charge in [0.15, 0.2) is 0 Å². The minimum atomic E-state index is 0.563. The Morgan fingerprint density at radius 1 is 1.05 bits per heavy atom. The van der Waals surface area contributed by atoms with Gasteiger partial charge in [-0.15, -0.1) is 11.3 Å². The zero-order valence-corrected chi connectivity index (χ0v) is 12.6. The summed E-state index contributed by atoms with van der Waals surface area (Å²) < 4.78 is 0. The lowest BCUT2D eigenvalue weighted by atomic mass is 9.94. The van der Waals surface area contributed by atoms with Gasteiger partial charge in [0.25, 0.3) is 0 Å². The third kappa shape index (κ3) is 2.55. The Balaban J connectivity index is 1.41. The molecule has 4 rings (SSSR count). The lowest BCUT2D eigenvalue weighted by molar-refractivity contribution is 0.463. The van der Waals surface area contributed by atoms with Crippen LogP contribution in [0.3, 0.4) is 0 Å². The van der Waals surface area contributed by atoms with Gasteiger partial charge in [0.1, 0.15) is 0 Å². The van der Waals surface area contributed by atoms with E-state index in [9.17, 15) is 0 Å². The number of rotatable bonds is 4. The summed E-state index contributed by atoms with van der Waals surface area (Å²) >= 11 is 1.92. The first-order valence-electron chi connectivity index (χ1n) is 7.78. The molecule has 0 saturated heterocycles. The van der Waals surface area contributed by atoms with E-state index >= 15 is 0 Å². The summed E-state index contributed by atoms with van der Waals surface area (Å²) in [7, 11) is 0. The van der Waals surface area contributed by atoms with Crippen LogP contribution in [0.5, 0.6) is 0 Å². The van der Waals surface area contributed by atoms with Crippen LogP contribution in [0, 0.1) is 0 Å². The highest BCUT2D eigenvalue weighted by atomic mass is 32.1. The molecule has 2 aliphatic carbocycles. The van der Waals surface area contributed by atoms with Crippen molar-refractivity contribution in [2.45, 2.75) is 50.6 Å². The van der Waals surface area contributed by atoms with Crippen molar-refractivity contribution < 1.29 is 0 Å². The second-order valence-corrected chi connectivity index (χ2v) is 7.14. The number of aryl methyl sites for hydroxylation is 1. The van der Waals surface area contributed by atoms with Gasteiger partial charge in [0.2, 0.25) is 0 Å². The second kappa shape index (κ2) is 5.34. The molecule has 0 amide bonds. The number of benzene rings is 1. The standard InChI is InChI=1S/C18H21NS/c1-2-17(16-10-11-20-18(16)3-1)19-12-13-4-6-14(7-5-13)15-8-9-15/h4-7,10-11,15,17,19H,1-3,8-9,12H2. The minimum Gasteiger partial charge on any atom is -0.306 e. The summed E-state index contributed by atoms with van der Waals surface area (Å²) in [6.07, 6.45) is 6.66. The maximum absolute atomic E-state index is 3.75. The van der Waals surface area contributed by atoms with Crippen molar-refractivity contribution in [3.63, 3.8) is 0 Å².